The zero-order valence-corrected chi connectivity index (χ0v) is 16.7. The summed E-state index contributed by atoms with van der Waals surface area (Å²) in [6.45, 7) is 4.29. The van der Waals surface area contributed by atoms with Crippen molar-refractivity contribution in [3.05, 3.63) is 35.9 Å². The second kappa shape index (κ2) is 8.52. The Kier molecular flexibility index (Phi) is 5.85. The zero-order chi connectivity index (χ0) is 19.5. The summed E-state index contributed by atoms with van der Waals surface area (Å²) in [5.74, 6) is 0.0182. The van der Waals surface area contributed by atoms with Crippen LogP contribution in [0.25, 0.3) is 0 Å². The van der Waals surface area contributed by atoms with Gasteiger partial charge >= 0.3 is 6.09 Å². The molecule has 2 bridgehead atoms. The van der Waals surface area contributed by atoms with E-state index in [1.165, 1.54) is 0 Å². The fourth-order valence-corrected chi connectivity index (χ4v) is 5.26. The van der Waals surface area contributed by atoms with Crippen molar-refractivity contribution in [2.24, 2.45) is 0 Å². The monoisotopic (exact) mass is 385 g/mol. The van der Waals surface area contributed by atoms with Crippen molar-refractivity contribution in [1.29, 1.82) is 0 Å². The number of nitrogens with one attached hydrogen (secondary N) is 1. The van der Waals surface area contributed by atoms with Gasteiger partial charge in [-0.2, -0.15) is 0 Å². The Morgan fingerprint density at radius 3 is 2.46 bits per heavy atom. The third-order valence-electron chi connectivity index (χ3n) is 6.53. The van der Waals surface area contributed by atoms with Gasteiger partial charge in [-0.25, -0.2) is 4.79 Å². The van der Waals surface area contributed by atoms with Crippen molar-refractivity contribution >= 4 is 12.0 Å². The van der Waals surface area contributed by atoms with Gasteiger partial charge in [0.1, 0.15) is 0 Å². The second-order valence-electron chi connectivity index (χ2n) is 8.29. The molecule has 3 saturated heterocycles. The molecule has 3 heterocycles. The molecule has 1 aromatic carbocycles. The number of amides is 2. The van der Waals surface area contributed by atoms with E-state index in [4.69, 9.17) is 4.74 Å². The van der Waals surface area contributed by atoms with Crippen LogP contribution in [0.5, 0.6) is 0 Å². The van der Waals surface area contributed by atoms with Crippen molar-refractivity contribution in [1.82, 2.24) is 15.1 Å². The number of ether oxygens (including phenoxy) is 1. The van der Waals surface area contributed by atoms with Gasteiger partial charge < -0.3 is 15.0 Å². The molecule has 152 valence electrons. The summed E-state index contributed by atoms with van der Waals surface area (Å²) < 4.78 is 5.27. The van der Waals surface area contributed by atoms with Crippen molar-refractivity contribution in [2.75, 3.05) is 19.7 Å². The molecule has 0 radical (unpaired) electrons. The molecule has 1 N–H and O–H groups in total. The average Bonchev–Trinajstić information content (AvgIpc) is 2.99. The van der Waals surface area contributed by atoms with Crippen LogP contribution >= 0.6 is 0 Å². The topological polar surface area (TPSA) is 61.9 Å². The lowest BCUT2D eigenvalue weighted by atomic mass is 9.93. The molecule has 3 aliphatic rings. The number of hydrogen-bond acceptors (Lipinski definition) is 4. The van der Waals surface area contributed by atoms with Crippen molar-refractivity contribution in [2.45, 2.75) is 69.6 Å². The lowest BCUT2D eigenvalue weighted by Gasteiger charge is -2.45. The fourth-order valence-electron chi connectivity index (χ4n) is 5.26. The van der Waals surface area contributed by atoms with Crippen LogP contribution in [-0.2, 0) is 4.74 Å². The molecule has 0 aromatic heterocycles. The number of nitrogens with zero attached hydrogens (tertiary/aromatic N) is 2. The van der Waals surface area contributed by atoms with Crippen LogP contribution in [0.1, 0.15) is 55.8 Å². The summed E-state index contributed by atoms with van der Waals surface area (Å²) >= 11 is 0. The Labute approximate surface area is 167 Å². The molecule has 2 amide bonds. The van der Waals surface area contributed by atoms with Crippen LogP contribution in [0.3, 0.4) is 0 Å². The summed E-state index contributed by atoms with van der Waals surface area (Å²) in [5.41, 5.74) is 0.723. The highest BCUT2D eigenvalue weighted by Gasteiger charge is 2.45. The maximum atomic E-state index is 12.5. The summed E-state index contributed by atoms with van der Waals surface area (Å²) in [7, 11) is 0. The third-order valence-corrected chi connectivity index (χ3v) is 6.53. The van der Waals surface area contributed by atoms with Crippen LogP contribution in [0, 0.1) is 0 Å². The highest BCUT2D eigenvalue weighted by molar-refractivity contribution is 5.94. The molecule has 6 heteroatoms. The van der Waals surface area contributed by atoms with Gasteiger partial charge in [0.25, 0.3) is 5.91 Å². The number of hydrogen-bond donors (Lipinski definition) is 1. The quantitative estimate of drug-likeness (QED) is 0.865. The maximum Gasteiger partial charge on any atom is 0.410 e. The van der Waals surface area contributed by atoms with Gasteiger partial charge in [0, 0.05) is 36.3 Å². The molecule has 3 atom stereocenters. The molecule has 3 aliphatic heterocycles. The number of benzene rings is 1. The number of carbonyl (C=O) groups is 2. The van der Waals surface area contributed by atoms with E-state index < -0.39 is 0 Å². The molecule has 1 aromatic rings. The first-order valence-corrected chi connectivity index (χ1v) is 10.7. The van der Waals surface area contributed by atoms with Gasteiger partial charge in [-0.1, -0.05) is 18.2 Å². The Morgan fingerprint density at radius 2 is 1.79 bits per heavy atom. The molecule has 0 spiro atoms. The predicted molar refractivity (Wildman–Crippen MR) is 107 cm³/mol. The smallest absolute Gasteiger partial charge is 0.410 e. The van der Waals surface area contributed by atoms with E-state index in [-0.39, 0.29) is 18.0 Å². The number of fused-ring (bicyclic) bond motifs is 2. The number of likely N-dealkylation sites (tertiary alicyclic amines) is 1. The van der Waals surface area contributed by atoms with Gasteiger partial charge in [0.2, 0.25) is 0 Å². The van der Waals surface area contributed by atoms with Gasteiger partial charge in [-0.05, 0) is 64.1 Å². The Balaban J connectivity index is 1.34. The number of piperidine rings is 2. The molecular formula is C22H31N3O3. The highest BCUT2D eigenvalue weighted by Crippen LogP contribution is 2.38. The van der Waals surface area contributed by atoms with E-state index >= 15 is 0 Å². The largest absolute Gasteiger partial charge is 0.450 e. The maximum absolute atomic E-state index is 12.5. The van der Waals surface area contributed by atoms with E-state index in [1.54, 1.807) is 0 Å². The summed E-state index contributed by atoms with van der Waals surface area (Å²) in [5, 5.41) is 3.22. The Bertz CT molecular complexity index is 682. The van der Waals surface area contributed by atoms with Crippen molar-refractivity contribution in [3.8, 4) is 0 Å². The zero-order valence-electron chi connectivity index (χ0n) is 16.7. The van der Waals surface area contributed by atoms with E-state index in [2.05, 4.69) is 10.2 Å². The molecule has 4 rings (SSSR count). The standard InChI is InChI=1S/C22H31N3O3/c1-2-28-22(27)25-18-10-11-19(25)14-20(13-18)24-12-6-9-17(15-24)23-21(26)16-7-4-3-5-8-16/h3-5,7-8,17-20H,2,6,9-15H2,1H3,(H,23,26)/t17-,18?,19?,20?/m1/s1. The molecule has 6 nitrogen and oxygen atoms in total. The first-order valence-electron chi connectivity index (χ1n) is 10.7. The SMILES string of the molecule is CCOC(=O)N1C2CCC1CC(N1CCC[C@@H](NC(=O)c3ccccc3)C1)C2. The third kappa shape index (κ3) is 4.02. The van der Waals surface area contributed by atoms with Gasteiger partial charge in [-0.15, -0.1) is 0 Å². The van der Waals surface area contributed by atoms with Crippen molar-refractivity contribution in [3.63, 3.8) is 0 Å². The number of carbonyl (C=O) groups excluding carboxylic acids is 2. The summed E-state index contributed by atoms with van der Waals surface area (Å²) in [4.78, 5) is 29.3. The normalized spacial score (nSPS) is 30.1. The van der Waals surface area contributed by atoms with E-state index in [0.717, 1.165) is 57.2 Å². The molecule has 2 unspecified atom stereocenters. The minimum absolute atomic E-state index is 0.0182. The second-order valence-corrected chi connectivity index (χ2v) is 8.29. The van der Waals surface area contributed by atoms with Crippen molar-refractivity contribution < 1.29 is 14.3 Å². The highest BCUT2D eigenvalue weighted by atomic mass is 16.6. The van der Waals surface area contributed by atoms with Crippen LogP contribution in [-0.4, -0.2) is 65.7 Å². The van der Waals surface area contributed by atoms with Crippen LogP contribution in [0.15, 0.2) is 30.3 Å². The molecule has 3 fully saturated rings. The van der Waals surface area contributed by atoms with Gasteiger partial charge in [-0.3, -0.25) is 9.69 Å². The minimum Gasteiger partial charge on any atom is -0.450 e. The molecule has 0 saturated carbocycles. The van der Waals surface area contributed by atoms with E-state index in [0.29, 0.717) is 24.7 Å². The lowest BCUT2D eigenvalue weighted by Crippen LogP contribution is -2.56. The minimum atomic E-state index is -0.139. The number of rotatable bonds is 4. The lowest BCUT2D eigenvalue weighted by molar-refractivity contribution is 0.0309. The van der Waals surface area contributed by atoms with Gasteiger partial charge in [0.15, 0.2) is 0 Å². The summed E-state index contributed by atoms with van der Waals surface area (Å²) in [6, 6.07) is 10.8. The molecule has 0 aliphatic carbocycles. The van der Waals surface area contributed by atoms with Gasteiger partial charge in [0.05, 0.1) is 6.61 Å². The fraction of sp³-hybridized carbons (Fsp3) is 0.636. The summed E-state index contributed by atoms with van der Waals surface area (Å²) in [6.07, 6.45) is 6.21. The van der Waals surface area contributed by atoms with Crippen LogP contribution in [0.2, 0.25) is 0 Å². The predicted octanol–water partition coefficient (Wildman–Crippen LogP) is 3.03. The average molecular weight is 386 g/mol. The van der Waals surface area contributed by atoms with E-state index in [1.807, 2.05) is 42.2 Å². The first-order chi connectivity index (χ1) is 13.7. The Hall–Kier alpha value is -2.08. The molecule has 28 heavy (non-hydrogen) atoms. The molecular weight excluding hydrogens is 354 g/mol. The van der Waals surface area contributed by atoms with E-state index in [9.17, 15) is 9.59 Å². The Morgan fingerprint density at radius 1 is 1.07 bits per heavy atom. The van der Waals surface area contributed by atoms with Crippen LogP contribution in [0.4, 0.5) is 4.79 Å². The van der Waals surface area contributed by atoms with Crippen LogP contribution < -0.4 is 5.32 Å². The first kappa shape index (κ1) is 19.2.